The third kappa shape index (κ3) is 1.92. The molecule has 18 heavy (non-hydrogen) atoms. The Bertz CT molecular complexity index is 600. The number of carboxylic acids is 1. The number of nitrogens with zero attached hydrogens (tertiary/aromatic N) is 1. The van der Waals surface area contributed by atoms with Gasteiger partial charge in [0.1, 0.15) is 0 Å². The summed E-state index contributed by atoms with van der Waals surface area (Å²) in [6.45, 7) is 2.23. The highest BCUT2D eigenvalue weighted by molar-refractivity contribution is 5.94. The third-order valence-electron chi connectivity index (χ3n) is 3.53. The largest absolute Gasteiger partial charge is 0.545 e. The van der Waals surface area contributed by atoms with Gasteiger partial charge in [-0.05, 0) is 47.4 Å². The van der Waals surface area contributed by atoms with Gasteiger partial charge in [0.15, 0.2) is 0 Å². The molecule has 0 N–H and O–H groups in total. The zero-order valence-corrected chi connectivity index (χ0v) is 10.1. The first-order chi connectivity index (χ1) is 8.74. The van der Waals surface area contributed by atoms with Crippen molar-refractivity contribution in [3.8, 4) is 0 Å². The van der Waals surface area contributed by atoms with Crippen LogP contribution in [0.25, 0.3) is 10.8 Å². The van der Waals surface area contributed by atoms with Gasteiger partial charge >= 0.3 is 0 Å². The molecule has 2 aromatic rings. The van der Waals surface area contributed by atoms with E-state index in [1.165, 1.54) is 18.5 Å². The van der Waals surface area contributed by atoms with Crippen LogP contribution in [0.3, 0.4) is 0 Å². The Labute approximate surface area is 106 Å². The van der Waals surface area contributed by atoms with Crippen LogP contribution >= 0.6 is 0 Å². The van der Waals surface area contributed by atoms with Crippen LogP contribution in [0.4, 0.5) is 5.69 Å². The van der Waals surface area contributed by atoms with Crippen LogP contribution in [0.2, 0.25) is 0 Å². The fourth-order valence-electron chi connectivity index (χ4n) is 2.53. The van der Waals surface area contributed by atoms with Crippen LogP contribution in [-0.4, -0.2) is 19.1 Å². The van der Waals surface area contributed by atoms with Crippen molar-refractivity contribution in [2.45, 2.75) is 12.8 Å². The number of rotatable bonds is 2. The smallest absolute Gasteiger partial charge is 0.0715 e. The number of aromatic carboxylic acids is 1. The van der Waals surface area contributed by atoms with Gasteiger partial charge in [-0.1, -0.05) is 18.2 Å². The maximum atomic E-state index is 10.8. The summed E-state index contributed by atoms with van der Waals surface area (Å²) < 4.78 is 0. The fourth-order valence-corrected chi connectivity index (χ4v) is 2.53. The number of carbonyl (C=O) groups excluding carboxylic acids is 1. The van der Waals surface area contributed by atoms with Crippen LogP contribution < -0.4 is 10.0 Å². The monoisotopic (exact) mass is 240 g/mol. The molecule has 0 spiro atoms. The van der Waals surface area contributed by atoms with E-state index < -0.39 is 5.97 Å². The first kappa shape index (κ1) is 11.1. The maximum absolute atomic E-state index is 10.8. The summed E-state index contributed by atoms with van der Waals surface area (Å²) in [6.07, 6.45) is 2.50. The van der Waals surface area contributed by atoms with Gasteiger partial charge in [-0.15, -0.1) is 0 Å². The number of fused-ring (bicyclic) bond motifs is 1. The van der Waals surface area contributed by atoms with Gasteiger partial charge in [0.25, 0.3) is 0 Å². The van der Waals surface area contributed by atoms with E-state index in [4.69, 9.17) is 0 Å². The van der Waals surface area contributed by atoms with Crippen molar-refractivity contribution in [2.75, 3.05) is 18.0 Å². The molecule has 1 fully saturated rings. The topological polar surface area (TPSA) is 43.4 Å². The highest BCUT2D eigenvalue weighted by atomic mass is 16.4. The Kier molecular flexibility index (Phi) is 2.67. The van der Waals surface area contributed by atoms with Crippen LogP contribution in [-0.2, 0) is 0 Å². The highest BCUT2D eigenvalue weighted by Gasteiger charge is 2.12. The standard InChI is InChI=1S/C15H15NO2/c17-15(18)13-4-3-12-10-14(6-5-11(12)9-13)16-7-1-2-8-16/h3-6,9-10H,1-2,7-8H2,(H,17,18)/p-1. The van der Waals surface area contributed by atoms with Crippen molar-refractivity contribution in [3.05, 3.63) is 42.0 Å². The molecule has 0 bridgehead atoms. The zero-order valence-electron chi connectivity index (χ0n) is 10.1. The minimum Gasteiger partial charge on any atom is -0.545 e. The second-order valence-corrected chi connectivity index (χ2v) is 4.73. The molecule has 1 heterocycles. The van der Waals surface area contributed by atoms with Gasteiger partial charge in [0, 0.05) is 18.8 Å². The summed E-state index contributed by atoms with van der Waals surface area (Å²) in [5, 5.41) is 12.8. The van der Waals surface area contributed by atoms with Crippen molar-refractivity contribution in [3.63, 3.8) is 0 Å². The van der Waals surface area contributed by atoms with Crippen LogP contribution in [0, 0.1) is 0 Å². The Hall–Kier alpha value is -2.03. The molecule has 2 aromatic carbocycles. The molecule has 0 radical (unpaired) electrons. The molecule has 3 nitrogen and oxygen atoms in total. The lowest BCUT2D eigenvalue weighted by Crippen LogP contribution is -2.22. The van der Waals surface area contributed by atoms with Gasteiger partial charge in [0.05, 0.1) is 5.97 Å². The molecule has 1 aliphatic heterocycles. The molecule has 3 heteroatoms. The quantitative estimate of drug-likeness (QED) is 0.804. The van der Waals surface area contributed by atoms with Crippen LogP contribution in [0.5, 0.6) is 0 Å². The van der Waals surface area contributed by atoms with Gasteiger partial charge < -0.3 is 14.8 Å². The first-order valence-corrected chi connectivity index (χ1v) is 6.24. The van der Waals surface area contributed by atoms with Crippen molar-refractivity contribution in [1.29, 1.82) is 0 Å². The summed E-state index contributed by atoms with van der Waals surface area (Å²) >= 11 is 0. The molecule has 3 rings (SSSR count). The van der Waals surface area contributed by atoms with E-state index in [9.17, 15) is 9.90 Å². The lowest BCUT2D eigenvalue weighted by Gasteiger charge is -2.18. The van der Waals surface area contributed by atoms with E-state index in [2.05, 4.69) is 17.0 Å². The summed E-state index contributed by atoms with van der Waals surface area (Å²) in [6, 6.07) is 11.3. The highest BCUT2D eigenvalue weighted by Crippen LogP contribution is 2.25. The minimum atomic E-state index is -1.12. The third-order valence-corrected chi connectivity index (χ3v) is 3.53. The Morgan fingerprint density at radius 1 is 1.00 bits per heavy atom. The summed E-state index contributed by atoms with van der Waals surface area (Å²) in [5.41, 5.74) is 1.46. The predicted octanol–water partition coefficient (Wildman–Crippen LogP) is 1.80. The van der Waals surface area contributed by atoms with E-state index in [-0.39, 0.29) is 5.56 Å². The molecule has 0 aromatic heterocycles. The molecule has 92 valence electrons. The van der Waals surface area contributed by atoms with Crippen LogP contribution in [0.15, 0.2) is 36.4 Å². The molecule has 0 saturated carbocycles. The van der Waals surface area contributed by atoms with E-state index in [0.717, 1.165) is 23.9 Å². The lowest BCUT2D eigenvalue weighted by molar-refractivity contribution is -0.255. The number of carboxylic acid groups (broad SMARTS) is 1. The Morgan fingerprint density at radius 2 is 1.67 bits per heavy atom. The molecule has 0 atom stereocenters. The lowest BCUT2D eigenvalue weighted by atomic mass is 10.1. The summed E-state index contributed by atoms with van der Waals surface area (Å²) in [4.78, 5) is 13.2. The normalized spacial score (nSPS) is 15.2. The van der Waals surface area contributed by atoms with Gasteiger partial charge in [-0.25, -0.2) is 0 Å². The fraction of sp³-hybridized carbons (Fsp3) is 0.267. The van der Waals surface area contributed by atoms with Crippen LogP contribution in [0.1, 0.15) is 23.2 Å². The summed E-state index contributed by atoms with van der Waals surface area (Å²) in [5.74, 6) is -1.12. The minimum absolute atomic E-state index is 0.233. The number of hydrogen-bond acceptors (Lipinski definition) is 3. The second-order valence-electron chi connectivity index (χ2n) is 4.73. The average Bonchev–Trinajstić information content (AvgIpc) is 2.91. The molecule has 1 saturated heterocycles. The van der Waals surface area contributed by atoms with Crippen molar-refractivity contribution < 1.29 is 9.90 Å². The second kappa shape index (κ2) is 4.33. The predicted molar refractivity (Wildman–Crippen MR) is 69.7 cm³/mol. The number of carbonyl (C=O) groups is 1. The summed E-state index contributed by atoms with van der Waals surface area (Å²) in [7, 11) is 0. The zero-order chi connectivity index (χ0) is 12.5. The molecular weight excluding hydrogens is 226 g/mol. The molecule has 0 amide bonds. The van der Waals surface area contributed by atoms with Crippen molar-refractivity contribution >= 4 is 22.4 Å². The van der Waals surface area contributed by atoms with E-state index >= 15 is 0 Å². The molecule has 0 aliphatic carbocycles. The van der Waals surface area contributed by atoms with Gasteiger partial charge in [-0.2, -0.15) is 0 Å². The average molecular weight is 240 g/mol. The Morgan fingerprint density at radius 3 is 2.39 bits per heavy atom. The Balaban J connectivity index is 2.02. The molecular formula is C15H14NO2-. The number of hydrogen-bond donors (Lipinski definition) is 0. The molecule has 1 aliphatic rings. The SMILES string of the molecule is O=C([O-])c1ccc2cc(N3CCCC3)ccc2c1. The van der Waals surface area contributed by atoms with E-state index in [1.807, 2.05) is 12.1 Å². The molecule has 0 unspecified atom stereocenters. The van der Waals surface area contributed by atoms with E-state index in [0.29, 0.717) is 0 Å². The maximum Gasteiger partial charge on any atom is 0.0715 e. The van der Waals surface area contributed by atoms with E-state index in [1.54, 1.807) is 12.1 Å². The van der Waals surface area contributed by atoms with Gasteiger partial charge in [0.2, 0.25) is 0 Å². The first-order valence-electron chi connectivity index (χ1n) is 6.24. The van der Waals surface area contributed by atoms with Crippen molar-refractivity contribution in [2.24, 2.45) is 0 Å². The number of anilines is 1. The number of benzene rings is 2. The van der Waals surface area contributed by atoms with Crippen molar-refractivity contribution in [1.82, 2.24) is 0 Å². The van der Waals surface area contributed by atoms with Gasteiger partial charge in [-0.3, -0.25) is 0 Å².